The van der Waals surface area contributed by atoms with Crippen LogP contribution in [0.4, 0.5) is 0 Å². The van der Waals surface area contributed by atoms with Gasteiger partial charge in [-0.05, 0) is 38.2 Å². The Labute approximate surface area is 139 Å². The van der Waals surface area contributed by atoms with Crippen molar-refractivity contribution in [1.29, 1.82) is 0 Å². The van der Waals surface area contributed by atoms with E-state index >= 15 is 0 Å². The molecule has 1 aliphatic rings. The second-order valence-corrected chi connectivity index (χ2v) is 6.08. The van der Waals surface area contributed by atoms with E-state index in [1.165, 1.54) is 12.8 Å². The van der Waals surface area contributed by atoms with Crippen molar-refractivity contribution in [3.05, 3.63) is 35.9 Å². The van der Waals surface area contributed by atoms with Crippen molar-refractivity contribution < 1.29 is 9.84 Å². The number of guanidine groups is 1. The van der Waals surface area contributed by atoms with Gasteiger partial charge in [0.1, 0.15) is 0 Å². The van der Waals surface area contributed by atoms with E-state index in [0.717, 1.165) is 30.5 Å². The molecule has 1 fully saturated rings. The maximum Gasteiger partial charge on any atom is 0.191 e. The molecule has 2 unspecified atom stereocenters. The van der Waals surface area contributed by atoms with Gasteiger partial charge in [-0.15, -0.1) is 0 Å². The van der Waals surface area contributed by atoms with E-state index in [0.29, 0.717) is 6.54 Å². The topological polar surface area (TPSA) is 65.9 Å². The molecule has 0 aromatic heterocycles. The molecule has 5 heteroatoms. The third-order valence-electron chi connectivity index (χ3n) is 3.87. The lowest BCUT2D eigenvalue weighted by Gasteiger charge is -2.16. The molecule has 0 aliphatic heterocycles. The summed E-state index contributed by atoms with van der Waals surface area (Å²) in [6.07, 6.45) is 1.98. The van der Waals surface area contributed by atoms with Crippen LogP contribution in [0.15, 0.2) is 35.3 Å². The van der Waals surface area contributed by atoms with Crippen LogP contribution in [0.5, 0.6) is 0 Å². The zero-order chi connectivity index (χ0) is 16.5. The fourth-order valence-electron chi connectivity index (χ4n) is 2.23. The Morgan fingerprint density at radius 2 is 2.04 bits per heavy atom. The molecule has 0 amide bonds. The number of aliphatic hydroxyl groups excluding tert-OH is 1. The second-order valence-electron chi connectivity index (χ2n) is 6.08. The highest BCUT2D eigenvalue weighted by molar-refractivity contribution is 5.79. The molecule has 0 bridgehead atoms. The molecule has 3 N–H and O–H groups in total. The summed E-state index contributed by atoms with van der Waals surface area (Å²) in [5.74, 6) is 1.56. The summed E-state index contributed by atoms with van der Waals surface area (Å²) in [5, 5.41) is 16.6. The quantitative estimate of drug-likeness (QED) is 0.482. The lowest BCUT2D eigenvalue weighted by molar-refractivity contribution is 0.00111. The largest absolute Gasteiger partial charge is 0.389 e. The van der Waals surface area contributed by atoms with E-state index in [9.17, 15) is 5.11 Å². The Balaban J connectivity index is 1.71. The molecule has 0 radical (unpaired) electrons. The van der Waals surface area contributed by atoms with E-state index in [1.807, 2.05) is 44.2 Å². The zero-order valence-corrected chi connectivity index (χ0v) is 14.2. The highest BCUT2D eigenvalue weighted by Crippen LogP contribution is 2.27. The van der Waals surface area contributed by atoms with Gasteiger partial charge in [0.15, 0.2) is 5.96 Å². The first-order valence-corrected chi connectivity index (χ1v) is 8.55. The summed E-state index contributed by atoms with van der Waals surface area (Å²) in [5.41, 5.74) is 1.11. The number of nitrogens with one attached hydrogen (secondary N) is 2. The Bertz CT molecular complexity index is 474. The van der Waals surface area contributed by atoms with Gasteiger partial charge in [0, 0.05) is 13.1 Å². The van der Waals surface area contributed by atoms with Crippen molar-refractivity contribution in [3.8, 4) is 0 Å². The van der Waals surface area contributed by atoms with Crippen molar-refractivity contribution >= 4 is 5.96 Å². The number of ether oxygens (including phenoxy) is 1. The predicted octanol–water partition coefficient (Wildman–Crippen LogP) is 2.09. The lowest BCUT2D eigenvalue weighted by atomic mass is 10.1. The minimum atomic E-state index is -0.599. The fourth-order valence-corrected chi connectivity index (χ4v) is 2.23. The first-order valence-electron chi connectivity index (χ1n) is 8.55. The van der Waals surface area contributed by atoms with Gasteiger partial charge in [0.05, 0.1) is 25.4 Å². The number of nitrogens with zero attached hydrogens (tertiary/aromatic N) is 1. The van der Waals surface area contributed by atoms with Crippen LogP contribution in [0.3, 0.4) is 0 Å². The van der Waals surface area contributed by atoms with E-state index in [-0.39, 0.29) is 12.7 Å². The minimum Gasteiger partial charge on any atom is -0.389 e. The Kier molecular flexibility index (Phi) is 7.36. The second kappa shape index (κ2) is 9.53. The summed E-state index contributed by atoms with van der Waals surface area (Å²) in [4.78, 5) is 4.43. The summed E-state index contributed by atoms with van der Waals surface area (Å²) < 4.78 is 5.73. The number of hydrogen-bond donors (Lipinski definition) is 3. The number of benzene rings is 1. The van der Waals surface area contributed by atoms with Gasteiger partial charge in [-0.1, -0.05) is 30.3 Å². The summed E-state index contributed by atoms with van der Waals surface area (Å²) in [7, 11) is 0. The summed E-state index contributed by atoms with van der Waals surface area (Å²) in [6, 6.07) is 10.0. The van der Waals surface area contributed by atoms with E-state index in [1.54, 1.807) is 0 Å². The molecular weight excluding hydrogens is 290 g/mol. The molecule has 1 aromatic carbocycles. The number of aliphatic hydroxyl groups is 1. The fraction of sp³-hybridized carbons (Fsp3) is 0.611. The summed E-state index contributed by atoms with van der Waals surface area (Å²) in [6.45, 7) is 6.42. The van der Waals surface area contributed by atoms with Crippen molar-refractivity contribution in [2.24, 2.45) is 10.9 Å². The molecule has 1 aliphatic carbocycles. The minimum absolute atomic E-state index is 0.0314. The van der Waals surface area contributed by atoms with Crippen LogP contribution in [-0.4, -0.2) is 43.4 Å². The van der Waals surface area contributed by atoms with E-state index in [4.69, 9.17) is 4.74 Å². The molecule has 2 rings (SSSR count). The van der Waals surface area contributed by atoms with Crippen molar-refractivity contribution in [3.63, 3.8) is 0 Å². The molecule has 0 heterocycles. The molecule has 1 aromatic rings. The van der Waals surface area contributed by atoms with Crippen LogP contribution < -0.4 is 10.6 Å². The standard InChI is InChI=1S/C18H29N3O2/c1-3-19-18(20-11-15-9-10-15)21-12-17(22)13-23-14(2)16-7-5-4-6-8-16/h4-8,14-15,17,22H,3,9-13H2,1-2H3,(H2,19,20,21). The number of aliphatic imine (C=N–C) groups is 1. The first kappa shape index (κ1) is 17.8. The smallest absolute Gasteiger partial charge is 0.191 e. The molecule has 0 saturated heterocycles. The monoisotopic (exact) mass is 319 g/mol. The molecule has 2 atom stereocenters. The average molecular weight is 319 g/mol. The molecule has 23 heavy (non-hydrogen) atoms. The highest BCUT2D eigenvalue weighted by Gasteiger charge is 2.21. The number of rotatable bonds is 9. The van der Waals surface area contributed by atoms with Crippen molar-refractivity contribution in [2.45, 2.75) is 38.9 Å². The van der Waals surface area contributed by atoms with Gasteiger partial charge in [-0.2, -0.15) is 0 Å². The Morgan fingerprint density at radius 3 is 2.70 bits per heavy atom. The first-order chi connectivity index (χ1) is 11.2. The van der Waals surface area contributed by atoms with E-state index < -0.39 is 6.10 Å². The van der Waals surface area contributed by atoms with Gasteiger partial charge >= 0.3 is 0 Å². The van der Waals surface area contributed by atoms with Crippen molar-refractivity contribution in [1.82, 2.24) is 10.6 Å². The third kappa shape index (κ3) is 7.01. The molecular formula is C18H29N3O2. The van der Waals surface area contributed by atoms with Gasteiger partial charge in [-0.25, -0.2) is 0 Å². The van der Waals surface area contributed by atoms with Crippen LogP contribution >= 0.6 is 0 Å². The maximum atomic E-state index is 10.1. The van der Waals surface area contributed by atoms with Crippen LogP contribution in [0.1, 0.15) is 38.4 Å². The third-order valence-corrected chi connectivity index (χ3v) is 3.87. The predicted molar refractivity (Wildman–Crippen MR) is 93.5 cm³/mol. The average Bonchev–Trinajstić information content (AvgIpc) is 3.40. The lowest BCUT2D eigenvalue weighted by Crippen LogP contribution is -2.39. The highest BCUT2D eigenvalue weighted by atomic mass is 16.5. The van der Waals surface area contributed by atoms with Gasteiger partial charge < -0.3 is 20.5 Å². The Hall–Kier alpha value is -1.59. The molecule has 128 valence electrons. The van der Waals surface area contributed by atoms with Crippen LogP contribution in [0.2, 0.25) is 0 Å². The number of hydrogen-bond acceptors (Lipinski definition) is 3. The van der Waals surface area contributed by atoms with E-state index in [2.05, 4.69) is 15.6 Å². The normalized spacial score (nSPS) is 17.6. The van der Waals surface area contributed by atoms with Gasteiger partial charge in [0.25, 0.3) is 0 Å². The van der Waals surface area contributed by atoms with Crippen LogP contribution in [-0.2, 0) is 4.74 Å². The maximum absolute atomic E-state index is 10.1. The van der Waals surface area contributed by atoms with Gasteiger partial charge in [-0.3, -0.25) is 4.99 Å². The van der Waals surface area contributed by atoms with Crippen LogP contribution in [0, 0.1) is 5.92 Å². The Morgan fingerprint density at radius 1 is 1.30 bits per heavy atom. The molecule has 0 spiro atoms. The summed E-state index contributed by atoms with van der Waals surface area (Å²) >= 11 is 0. The zero-order valence-electron chi connectivity index (χ0n) is 14.2. The SMILES string of the molecule is CCNC(=NCC(O)COC(C)c1ccccc1)NCC1CC1. The van der Waals surface area contributed by atoms with Crippen LogP contribution in [0.25, 0.3) is 0 Å². The molecule has 1 saturated carbocycles. The molecule has 5 nitrogen and oxygen atoms in total. The van der Waals surface area contributed by atoms with Gasteiger partial charge in [0.2, 0.25) is 0 Å². The van der Waals surface area contributed by atoms with Crippen molar-refractivity contribution in [2.75, 3.05) is 26.2 Å².